The Morgan fingerprint density at radius 3 is 2.74 bits per heavy atom. The first-order valence-corrected chi connectivity index (χ1v) is 6.20. The van der Waals surface area contributed by atoms with Gasteiger partial charge in [0.2, 0.25) is 0 Å². The molecule has 19 heavy (non-hydrogen) atoms. The van der Waals surface area contributed by atoms with Gasteiger partial charge in [-0.15, -0.1) is 0 Å². The smallest absolute Gasteiger partial charge is 0.136 e. The number of ether oxygens (including phenoxy) is 2. The highest BCUT2D eigenvalue weighted by Gasteiger charge is 2.06. The van der Waals surface area contributed by atoms with Crippen LogP contribution < -0.4 is 9.47 Å². The van der Waals surface area contributed by atoms with E-state index >= 15 is 0 Å². The Balaban J connectivity index is 2.25. The predicted molar refractivity (Wildman–Crippen MR) is 72.6 cm³/mol. The van der Waals surface area contributed by atoms with Gasteiger partial charge in [0.15, 0.2) is 0 Å². The summed E-state index contributed by atoms with van der Waals surface area (Å²) in [6.07, 6.45) is 1.62. The van der Waals surface area contributed by atoms with Crippen molar-refractivity contribution in [1.82, 2.24) is 4.98 Å². The quantitative estimate of drug-likeness (QED) is 0.896. The molecule has 2 rings (SSSR count). The normalized spacial score (nSPS) is 10.3. The molecule has 100 valence electrons. The number of aromatic nitrogens is 1. The van der Waals surface area contributed by atoms with E-state index in [9.17, 15) is 5.11 Å². The number of pyridine rings is 1. The van der Waals surface area contributed by atoms with E-state index in [1.165, 1.54) is 0 Å². The molecule has 0 aliphatic rings. The summed E-state index contributed by atoms with van der Waals surface area (Å²) in [5, 5.41) is 9.28. The van der Waals surface area contributed by atoms with Gasteiger partial charge in [0.1, 0.15) is 17.2 Å². The van der Waals surface area contributed by atoms with E-state index in [0.29, 0.717) is 23.7 Å². The number of aliphatic hydroxyl groups excluding tert-OH is 1. The van der Waals surface area contributed by atoms with Crippen molar-refractivity contribution >= 4 is 0 Å². The molecule has 0 saturated carbocycles. The molecule has 1 aromatic carbocycles. The lowest BCUT2D eigenvalue weighted by Crippen LogP contribution is -1.95. The van der Waals surface area contributed by atoms with E-state index in [4.69, 9.17) is 9.47 Å². The Hall–Kier alpha value is -2.07. The van der Waals surface area contributed by atoms with Crippen LogP contribution in [0, 0.1) is 6.92 Å². The molecule has 4 heteroatoms. The fourth-order valence-electron chi connectivity index (χ4n) is 1.70. The average Bonchev–Trinajstić information content (AvgIpc) is 2.40. The van der Waals surface area contributed by atoms with Crippen LogP contribution in [0.4, 0.5) is 0 Å². The summed E-state index contributed by atoms with van der Waals surface area (Å²) in [6.45, 7) is 4.32. The second-order valence-corrected chi connectivity index (χ2v) is 4.10. The van der Waals surface area contributed by atoms with Gasteiger partial charge in [0, 0.05) is 29.6 Å². The van der Waals surface area contributed by atoms with Crippen molar-refractivity contribution in [3.05, 3.63) is 47.8 Å². The Morgan fingerprint density at radius 1 is 1.21 bits per heavy atom. The number of hydrogen-bond acceptors (Lipinski definition) is 4. The van der Waals surface area contributed by atoms with Gasteiger partial charge in [-0.25, -0.2) is 0 Å². The third kappa shape index (κ3) is 3.45. The number of aryl methyl sites for hydroxylation is 1. The van der Waals surface area contributed by atoms with E-state index in [2.05, 4.69) is 4.98 Å². The summed E-state index contributed by atoms with van der Waals surface area (Å²) in [6, 6.07) is 9.22. The zero-order chi connectivity index (χ0) is 13.7. The molecule has 0 unspecified atom stereocenters. The van der Waals surface area contributed by atoms with Crippen LogP contribution in [0.3, 0.4) is 0 Å². The molecule has 0 aliphatic carbocycles. The summed E-state index contributed by atoms with van der Waals surface area (Å²) < 4.78 is 11.2. The van der Waals surface area contributed by atoms with Gasteiger partial charge in [-0.05, 0) is 26.0 Å². The molecule has 1 N–H and O–H groups in total. The van der Waals surface area contributed by atoms with Gasteiger partial charge in [-0.2, -0.15) is 0 Å². The SMILES string of the molecule is CCOc1cccc(Oc2cc(C)ncc2CO)c1. The molecule has 1 aromatic heterocycles. The summed E-state index contributed by atoms with van der Waals surface area (Å²) >= 11 is 0. The maximum absolute atomic E-state index is 9.28. The highest BCUT2D eigenvalue weighted by Crippen LogP contribution is 2.28. The second-order valence-electron chi connectivity index (χ2n) is 4.10. The van der Waals surface area contributed by atoms with Gasteiger partial charge in [-0.3, -0.25) is 4.98 Å². The van der Waals surface area contributed by atoms with Crippen molar-refractivity contribution in [2.45, 2.75) is 20.5 Å². The first kappa shape index (κ1) is 13.4. The highest BCUT2D eigenvalue weighted by molar-refractivity contribution is 5.40. The van der Waals surface area contributed by atoms with Crippen LogP contribution in [0.15, 0.2) is 36.5 Å². The standard InChI is InChI=1S/C15H17NO3/c1-3-18-13-5-4-6-14(8-13)19-15-7-11(2)16-9-12(15)10-17/h4-9,17H,3,10H2,1-2H3. The Labute approximate surface area is 112 Å². The molecular formula is C15H17NO3. The minimum atomic E-state index is -0.103. The minimum absolute atomic E-state index is 0.103. The predicted octanol–water partition coefficient (Wildman–Crippen LogP) is 3.07. The zero-order valence-electron chi connectivity index (χ0n) is 11.1. The molecule has 0 atom stereocenters. The molecular weight excluding hydrogens is 242 g/mol. The maximum Gasteiger partial charge on any atom is 0.136 e. The number of aliphatic hydroxyl groups is 1. The van der Waals surface area contributed by atoms with Crippen molar-refractivity contribution in [2.24, 2.45) is 0 Å². The second kappa shape index (κ2) is 6.20. The van der Waals surface area contributed by atoms with E-state index in [1.807, 2.05) is 38.1 Å². The van der Waals surface area contributed by atoms with Crippen LogP contribution in [0.5, 0.6) is 17.2 Å². The largest absolute Gasteiger partial charge is 0.494 e. The van der Waals surface area contributed by atoms with Crippen molar-refractivity contribution in [3.8, 4) is 17.2 Å². The summed E-state index contributed by atoms with van der Waals surface area (Å²) in [7, 11) is 0. The lowest BCUT2D eigenvalue weighted by Gasteiger charge is -2.11. The first-order chi connectivity index (χ1) is 9.22. The lowest BCUT2D eigenvalue weighted by molar-refractivity contribution is 0.276. The molecule has 2 aromatic rings. The molecule has 0 amide bonds. The topological polar surface area (TPSA) is 51.6 Å². The summed E-state index contributed by atoms with van der Waals surface area (Å²) in [5.41, 5.74) is 1.50. The van der Waals surface area contributed by atoms with E-state index in [0.717, 1.165) is 11.4 Å². The summed E-state index contributed by atoms with van der Waals surface area (Å²) in [5.74, 6) is 2.05. The third-order valence-corrected chi connectivity index (χ3v) is 2.60. The molecule has 1 heterocycles. The minimum Gasteiger partial charge on any atom is -0.494 e. The van der Waals surface area contributed by atoms with Crippen molar-refractivity contribution < 1.29 is 14.6 Å². The molecule has 0 spiro atoms. The van der Waals surface area contributed by atoms with Crippen molar-refractivity contribution in [2.75, 3.05) is 6.61 Å². The van der Waals surface area contributed by atoms with Gasteiger partial charge in [-0.1, -0.05) is 6.07 Å². The third-order valence-electron chi connectivity index (χ3n) is 2.60. The lowest BCUT2D eigenvalue weighted by atomic mass is 10.2. The van der Waals surface area contributed by atoms with Crippen molar-refractivity contribution in [3.63, 3.8) is 0 Å². The maximum atomic E-state index is 9.28. The highest BCUT2D eigenvalue weighted by atomic mass is 16.5. The van der Waals surface area contributed by atoms with Crippen LogP contribution in [0.2, 0.25) is 0 Å². The molecule has 0 aliphatic heterocycles. The summed E-state index contributed by atoms with van der Waals surface area (Å²) in [4.78, 5) is 4.13. The first-order valence-electron chi connectivity index (χ1n) is 6.20. The van der Waals surface area contributed by atoms with Gasteiger partial charge in [0.25, 0.3) is 0 Å². The average molecular weight is 259 g/mol. The van der Waals surface area contributed by atoms with Crippen molar-refractivity contribution in [1.29, 1.82) is 0 Å². The van der Waals surface area contributed by atoms with Crippen LogP contribution in [-0.4, -0.2) is 16.7 Å². The van der Waals surface area contributed by atoms with Crippen LogP contribution in [0.1, 0.15) is 18.2 Å². The van der Waals surface area contributed by atoms with Gasteiger partial charge in [0.05, 0.1) is 13.2 Å². The van der Waals surface area contributed by atoms with Crippen LogP contribution in [0.25, 0.3) is 0 Å². The number of rotatable bonds is 5. The Morgan fingerprint density at radius 2 is 2.00 bits per heavy atom. The number of benzene rings is 1. The van der Waals surface area contributed by atoms with E-state index in [-0.39, 0.29) is 6.61 Å². The Bertz CT molecular complexity index is 555. The zero-order valence-corrected chi connectivity index (χ0v) is 11.1. The van der Waals surface area contributed by atoms with Gasteiger partial charge >= 0.3 is 0 Å². The van der Waals surface area contributed by atoms with E-state index in [1.54, 1.807) is 12.3 Å². The number of nitrogens with zero attached hydrogens (tertiary/aromatic N) is 1. The fraction of sp³-hybridized carbons (Fsp3) is 0.267. The fourth-order valence-corrected chi connectivity index (χ4v) is 1.70. The molecule has 0 bridgehead atoms. The van der Waals surface area contributed by atoms with Crippen LogP contribution in [-0.2, 0) is 6.61 Å². The van der Waals surface area contributed by atoms with Crippen LogP contribution >= 0.6 is 0 Å². The Kier molecular flexibility index (Phi) is 4.36. The number of hydrogen-bond donors (Lipinski definition) is 1. The van der Waals surface area contributed by atoms with E-state index < -0.39 is 0 Å². The molecule has 0 radical (unpaired) electrons. The molecule has 0 saturated heterocycles. The van der Waals surface area contributed by atoms with Gasteiger partial charge < -0.3 is 14.6 Å². The monoisotopic (exact) mass is 259 g/mol. The molecule has 0 fully saturated rings. The molecule has 4 nitrogen and oxygen atoms in total.